The van der Waals surface area contributed by atoms with Gasteiger partial charge in [-0.15, -0.1) is 0 Å². The lowest BCUT2D eigenvalue weighted by Crippen LogP contribution is -2.47. The highest BCUT2D eigenvalue weighted by atomic mass is 16.5. The van der Waals surface area contributed by atoms with Gasteiger partial charge in [0, 0.05) is 38.0 Å². The van der Waals surface area contributed by atoms with Gasteiger partial charge < -0.3 is 19.7 Å². The number of aromatic nitrogens is 1. The largest absolute Gasteiger partial charge is 0.497 e. The number of morpholine rings is 1. The molecule has 6 nitrogen and oxygen atoms in total. The second-order valence-electron chi connectivity index (χ2n) is 5.60. The first-order chi connectivity index (χ1) is 11.2. The van der Waals surface area contributed by atoms with Crippen LogP contribution in [0.1, 0.15) is 6.92 Å². The normalized spacial score (nSPS) is 18.0. The highest BCUT2D eigenvalue weighted by Crippen LogP contribution is 2.23. The summed E-state index contributed by atoms with van der Waals surface area (Å²) < 4.78 is 11.0. The van der Waals surface area contributed by atoms with E-state index in [-0.39, 0.29) is 12.0 Å². The fourth-order valence-corrected chi connectivity index (χ4v) is 2.70. The molecule has 1 amide bonds. The molecule has 6 heteroatoms. The first kappa shape index (κ1) is 15.6. The number of benzene rings is 1. The minimum absolute atomic E-state index is 0.0181. The molecular formula is C17H21N3O3. The SMILES string of the molecule is COc1ccc2ccc(N3CCOC(CNC(C)=O)C3)nc2c1. The number of carbonyl (C=O) groups is 1. The van der Waals surface area contributed by atoms with Crippen molar-refractivity contribution in [2.75, 3.05) is 38.3 Å². The summed E-state index contributed by atoms with van der Waals surface area (Å²) in [7, 11) is 1.65. The monoisotopic (exact) mass is 315 g/mol. The van der Waals surface area contributed by atoms with Crippen LogP contribution in [0.25, 0.3) is 10.9 Å². The van der Waals surface area contributed by atoms with E-state index >= 15 is 0 Å². The molecule has 1 saturated heterocycles. The number of methoxy groups -OCH3 is 1. The number of ether oxygens (including phenoxy) is 2. The molecule has 0 saturated carbocycles. The molecule has 2 aromatic rings. The van der Waals surface area contributed by atoms with E-state index in [1.165, 1.54) is 6.92 Å². The Kier molecular flexibility index (Phi) is 4.62. The summed E-state index contributed by atoms with van der Waals surface area (Å²) in [5, 5.41) is 3.89. The molecule has 23 heavy (non-hydrogen) atoms. The van der Waals surface area contributed by atoms with Gasteiger partial charge in [0.1, 0.15) is 11.6 Å². The first-order valence-corrected chi connectivity index (χ1v) is 7.71. The molecule has 0 bridgehead atoms. The van der Waals surface area contributed by atoms with Gasteiger partial charge in [0.25, 0.3) is 0 Å². The third-order valence-corrected chi connectivity index (χ3v) is 3.93. The van der Waals surface area contributed by atoms with Gasteiger partial charge in [-0.25, -0.2) is 4.98 Å². The number of rotatable bonds is 4. The molecule has 0 aliphatic carbocycles. The van der Waals surface area contributed by atoms with Crippen molar-refractivity contribution < 1.29 is 14.3 Å². The van der Waals surface area contributed by atoms with Gasteiger partial charge >= 0.3 is 0 Å². The Hall–Kier alpha value is -2.34. The molecule has 1 atom stereocenters. The summed E-state index contributed by atoms with van der Waals surface area (Å²) in [5.41, 5.74) is 0.909. The second-order valence-corrected chi connectivity index (χ2v) is 5.60. The lowest BCUT2D eigenvalue weighted by molar-refractivity contribution is -0.119. The quantitative estimate of drug-likeness (QED) is 0.928. The Balaban J connectivity index is 1.77. The fourth-order valence-electron chi connectivity index (χ4n) is 2.70. The summed E-state index contributed by atoms with van der Waals surface area (Å²) >= 11 is 0. The van der Waals surface area contributed by atoms with Crippen molar-refractivity contribution in [3.05, 3.63) is 30.3 Å². The van der Waals surface area contributed by atoms with Crippen molar-refractivity contribution in [2.24, 2.45) is 0 Å². The number of fused-ring (bicyclic) bond motifs is 1. The molecule has 2 heterocycles. The highest BCUT2D eigenvalue weighted by molar-refractivity contribution is 5.81. The van der Waals surface area contributed by atoms with Crippen LogP contribution in [0.3, 0.4) is 0 Å². The molecule has 1 unspecified atom stereocenters. The Morgan fingerprint density at radius 1 is 1.43 bits per heavy atom. The number of carbonyl (C=O) groups excluding carboxylic acids is 1. The van der Waals surface area contributed by atoms with Gasteiger partial charge in [0.05, 0.1) is 25.3 Å². The molecule has 1 aromatic carbocycles. The van der Waals surface area contributed by atoms with E-state index in [1.807, 2.05) is 24.3 Å². The molecule has 1 aliphatic rings. The third kappa shape index (κ3) is 3.71. The zero-order valence-electron chi connectivity index (χ0n) is 13.4. The van der Waals surface area contributed by atoms with Crippen LogP contribution < -0.4 is 15.0 Å². The van der Waals surface area contributed by atoms with Crippen LogP contribution in [0.2, 0.25) is 0 Å². The molecule has 1 fully saturated rings. The molecular weight excluding hydrogens is 294 g/mol. The van der Waals surface area contributed by atoms with E-state index in [0.717, 1.165) is 29.0 Å². The highest BCUT2D eigenvalue weighted by Gasteiger charge is 2.21. The molecule has 0 radical (unpaired) electrons. The maximum Gasteiger partial charge on any atom is 0.216 e. The van der Waals surface area contributed by atoms with Crippen LogP contribution in [-0.4, -0.2) is 50.3 Å². The van der Waals surface area contributed by atoms with Gasteiger partial charge in [0.15, 0.2) is 0 Å². The number of pyridine rings is 1. The molecule has 0 spiro atoms. The average molecular weight is 315 g/mol. The number of amides is 1. The Bertz CT molecular complexity index is 705. The third-order valence-electron chi connectivity index (χ3n) is 3.93. The predicted octanol–water partition coefficient (Wildman–Crippen LogP) is 1.58. The van der Waals surface area contributed by atoms with Crippen LogP contribution in [0.5, 0.6) is 5.75 Å². The molecule has 3 rings (SSSR count). The van der Waals surface area contributed by atoms with E-state index in [4.69, 9.17) is 14.5 Å². The number of hydrogen-bond acceptors (Lipinski definition) is 5. The van der Waals surface area contributed by atoms with Gasteiger partial charge in [-0.3, -0.25) is 4.79 Å². The average Bonchev–Trinajstić information content (AvgIpc) is 2.59. The smallest absolute Gasteiger partial charge is 0.216 e. The maximum atomic E-state index is 11.0. The topological polar surface area (TPSA) is 63.7 Å². The van der Waals surface area contributed by atoms with Gasteiger partial charge in [-0.2, -0.15) is 0 Å². The van der Waals surface area contributed by atoms with E-state index < -0.39 is 0 Å². The van der Waals surface area contributed by atoms with Crippen LogP contribution in [-0.2, 0) is 9.53 Å². The minimum atomic E-state index is -0.0401. The van der Waals surface area contributed by atoms with Gasteiger partial charge in [-0.1, -0.05) is 0 Å². The zero-order valence-corrected chi connectivity index (χ0v) is 13.4. The van der Waals surface area contributed by atoms with Crippen molar-refractivity contribution >= 4 is 22.6 Å². The predicted molar refractivity (Wildman–Crippen MR) is 88.9 cm³/mol. The molecule has 122 valence electrons. The standard InChI is InChI=1S/C17H21N3O3/c1-12(21)18-10-15-11-20(7-8-23-15)17-6-4-13-3-5-14(22-2)9-16(13)19-17/h3-6,9,15H,7-8,10-11H2,1-2H3,(H,18,21). The van der Waals surface area contributed by atoms with Crippen LogP contribution >= 0.6 is 0 Å². The summed E-state index contributed by atoms with van der Waals surface area (Å²) in [5.74, 6) is 1.68. The zero-order chi connectivity index (χ0) is 16.2. The van der Waals surface area contributed by atoms with Gasteiger partial charge in [0.2, 0.25) is 5.91 Å². The van der Waals surface area contributed by atoms with Crippen LogP contribution in [0, 0.1) is 0 Å². The summed E-state index contributed by atoms with van der Waals surface area (Å²) in [6, 6.07) is 9.96. The lowest BCUT2D eigenvalue weighted by atomic mass is 10.2. The number of anilines is 1. The minimum Gasteiger partial charge on any atom is -0.497 e. The van der Waals surface area contributed by atoms with Crippen molar-refractivity contribution in [2.45, 2.75) is 13.0 Å². The second kappa shape index (κ2) is 6.83. The number of hydrogen-bond donors (Lipinski definition) is 1. The summed E-state index contributed by atoms with van der Waals surface area (Å²) in [6.07, 6.45) is -0.0181. The van der Waals surface area contributed by atoms with Crippen molar-refractivity contribution in [3.63, 3.8) is 0 Å². The number of nitrogens with zero attached hydrogens (tertiary/aromatic N) is 2. The van der Waals surface area contributed by atoms with E-state index in [2.05, 4.69) is 16.3 Å². The molecule has 1 N–H and O–H groups in total. The van der Waals surface area contributed by atoms with Crippen molar-refractivity contribution in [1.82, 2.24) is 10.3 Å². The van der Waals surface area contributed by atoms with Crippen molar-refractivity contribution in [1.29, 1.82) is 0 Å². The lowest BCUT2D eigenvalue weighted by Gasteiger charge is -2.33. The Morgan fingerprint density at radius 2 is 2.26 bits per heavy atom. The van der Waals surface area contributed by atoms with E-state index in [1.54, 1.807) is 7.11 Å². The van der Waals surface area contributed by atoms with E-state index in [0.29, 0.717) is 19.7 Å². The summed E-state index contributed by atoms with van der Waals surface area (Å²) in [6.45, 7) is 4.16. The Morgan fingerprint density at radius 3 is 3.04 bits per heavy atom. The fraction of sp³-hybridized carbons (Fsp3) is 0.412. The summed E-state index contributed by atoms with van der Waals surface area (Å²) in [4.78, 5) is 18.0. The maximum absolute atomic E-state index is 11.0. The first-order valence-electron chi connectivity index (χ1n) is 7.71. The Labute approximate surface area is 135 Å². The van der Waals surface area contributed by atoms with Gasteiger partial charge in [-0.05, 0) is 24.3 Å². The van der Waals surface area contributed by atoms with Crippen LogP contribution in [0.4, 0.5) is 5.82 Å². The molecule has 1 aliphatic heterocycles. The van der Waals surface area contributed by atoms with Crippen molar-refractivity contribution in [3.8, 4) is 5.75 Å². The molecule has 1 aromatic heterocycles. The van der Waals surface area contributed by atoms with E-state index in [9.17, 15) is 4.79 Å². The number of nitrogens with one attached hydrogen (secondary N) is 1. The van der Waals surface area contributed by atoms with Crippen LogP contribution in [0.15, 0.2) is 30.3 Å².